The average molecular weight is 308 g/mol. The number of hydrogen-bond acceptors (Lipinski definition) is 7. The molecule has 0 heterocycles. The first-order valence-corrected chi connectivity index (χ1v) is 7.93. The lowest BCUT2D eigenvalue weighted by molar-refractivity contribution is -0.176. The number of aliphatic hydroxyl groups excluding tert-OH is 2. The van der Waals surface area contributed by atoms with E-state index in [1.807, 2.05) is 0 Å². The molecule has 0 spiro atoms. The molecule has 0 aromatic rings. The number of aliphatic hydroxyl groups is 2. The van der Waals surface area contributed by atoms with Gasteiger partial charge in [-0.15, -0.1) is 6.58 Å². The first-order valence-electron chi connectivity index (χ1n) is 6.11. The largest absolute Gasteiger partial charge is 0.467 e. The van der Waals surface area contributed by atoms with Crippen LogP contribution in [0.25, 0.3) is 0 Å². The molecular weight excluding hydrogens is 288 g/mol. The molecule has 1 saturated carbocycles. The lowest BCUT2D eigenvalue weighted by Crippen LogP contribution is -2.56. The van der Waals surface area contributed by atoms with Gasteiger partial charge in [0.05, 0.1) is 25.6 Å². The van der Waals surface area contributed by atoms with Crippen molar-refractivity contribution < 1.29 is 32.3 Å². The number of hydrogen-bond donors (Lipinski definition) is 2. The highest BCUT2D eigenvalue weighted by Gasteiger charge is 2.53. The van der Waals surface area contributed by atoms with Gasteiger partial charge < -0.3 is 14.9 Å². The van der Waals surface area contributed by atoms with Crippen LogP contribution in [0.15, 0.2) is 12.7 Å². The van der Waals surface area contributed by atoms with E-state index >= 15 is 0 Å². The van der Waals surface area contributed by atoms with Crippen molar-refractivity contribution in [2.75, 3.05) is 13.4 Å². The van der Waals surface area contributed by atoms with E-state index in [1.165, 1.54) is 6.08 Å². The fourth-order valence-electron chi connectivity index (χ4n) is 2.58. The second-order valence-corrected chi connectivity index (χ2v) is 6.60. The Hall–Kier alpha value is -0.960. The quantitative estimate of drug-likeness (QED) is 0.403. The number of esters is 1. The summed E-state index contributed by atoms with van der Waals surface area (Å²) in [7, 11) is -2.83. The number of ether oxygens (including phenoxy) is 1. The number of rotatable bonds is 5. The van der Waals surface area contributed by atoms with Gasteiger partial charge in [-0.3, -0.25) is 4.18 Å². The average Bonchev–Trinajstić information content (AvgIpc) is 2.32. The minimum Gasteiger partial charge on any atom is -0.467 e. The van der Waals surface area contributed by atoms with Gasteiger partial charge in [0.2, 0.25) is 0 Å². The predicted octanol–water partition coefficient (Wildman–Crippen LogP) is -0.418. The second kappa shape index (κ2) is 6.21. The molecule has 0 aliphatic heterocycles. The number of methoxy groups -OCH3 is 1. The molecule has 0 aromatic carbocycles. The molecule has 20 heavy (non-hydrogen) atoms. The number of carbonyl (C=O) groups excluding carboxylic acids is 1. The zero-order chi connectivity index (χ0) is 15.6. The predicted molar refractivity (Wildman–Crippen MR) is 70.2 cm³/mol. The van der Waals surface area contributed by atoms with E-state index < -0.39 is 39.8 Å². The van der Waals surface area contributed by atoms with Crippen LogP contribution in [0, 0.1) is 5.92 Å². The monoisotopic (exact) mass is 308 g/mol. The van der Waals surface area contributed by atoms with Gasteiger partial charge in [-0.2, -0.15) is 8.42 Å². The Bertz CT molecular complexity index is 472. The third-order valence-electron chi connectivity index (χ3n) is 3.35. The highest BCUT2D eigenvalue weighted by molar-refractivity contribution is 7.86. The maximum Gasteiger partial charge on any atom is 0.339 e. The molecule has 0 bridgehead atoms. The summed E-state index contributed by atoms with van der Waals surface area (Å²) in [5.74, 6) is -1.43. The Morgan fingerprint density at radius 2 is 2.05 bits per heavy atom. The van der Waals surface area contributed by atoms with Gasteiger partial charge in [0.25, 0.3) is 10.1 Å². The summed E-state index contributed by atoms with van der Waals surface area (Å²) < 4.78 is 32.3. The Kier molecular flexibility index (Phi) is 5.31. The standard InChI is InChI=1S/C12H20O7S/c1-4-5-8-6-12(11(15)18-2,19-20(3,16)17)7-9(13)10(8)14/h4,8-10,13-14H,1,5-7H2,2-3H3/t8-,9+,10+,12-/m0/s1. The van der Waals surface area contributed by atoms with Crippen LogP contribution < -0.4 is 0 Å². The zero-order valence-electron chi connectivity index (χ0n) is 11.5. The molecule has 7 nitrogen and oxygen atoms in total. The van der Waals surface area contributed by atoms with E-state index in [2.05, 4.69) is 11.3 Å². The molecule has 1 aliphatic carbocycles. The van der Waals surface area contributed by atoms with Gasteiger partial charge in [0.15, 0.2) is 5.60 Å². The van der Waals surface area contributed by atoms with Gasteiger partial charge in [-0.05, 0) is 18.8 Å². The van der Waals surface area contributed by atoms with Crippen molar-refractivity contribution in [3.63, 3.8) is 0 Å². The fraction of sp³-hybridized carbons (Fsp3) is 0.750. The molecule has 0 saturated heterocycles. The molecule has 0 aromatic heterocycles. The van der Waals surface area contributed by atoms with Crippen LogP contribution in [-0.2, 0) is 23.8 Å². The maximum atomic E-state index is 11.9. The van der Waals surface area contributed by atoms with E-state index in [4.69, 9.17) is 4.18 Å². The minimum atomic E-state index is -3.94. The van der Waals surface area contributed by atoms with Crippen LogP contribution in [0.3, 0.4) is 0 Å². The molecule has 0 radical (unpaired) electrons. The minimum absolute atomic E-state index is 0.0724. The van der Waals surface area contributed by atoms with Gasteiger partial charge in [0.1, 0.15) is 0 Å². The van der Waals surface area contributed by atoms with Crippen LogP contribution in [0.1, 0.15) is 19.3 Å². The number of allylic oxidation sites excluding steroid dienone is 1. The van der Waals surface area contributed by atoms with Crippen molar-refractivity contribution in [1.82, 2.24) is 0 Å². The Labute approximate surface area is 118 Å². The first kappa shape index (κ1) is 17.1. The summed E-state index contributed by atoms with van der Waals surface area (Å²) in [5.41, 5.74) is -1.81. The SMILES string of the molecule is C=CC[C@H]1C[C@@](OS(C)(=O)=O)(C(=O)OC)C[C@@H](O)[C@@H]1O. The van der Waals surface area contributed by atoms with Gasteiger partial charge in [0, 0.05) is 6.42 Å². The van der Waals surface area contributed by atoms with Crippen molar-refractivity contribution in [2.45, 2.75) is 37.1 Å². The van der Waals surface area contributed by atoms with E-state index in [0.717, 1.165) is 13.4 Å². The molecule has 4 atom stereocenters. The van der Waals surface area contributed by atoms with Crippen LogP contribution in [0.5, 0.6) is 0 Å². The molecule has 1 fully saturated rings. The fourth-order valence-corrected chi connectivity index (χ4v) is 3.37. The van der Waals surface area contributed by atoms with Crippen LogP contribution in [0.4, 0.5) is 0 Å². The summed E-state index contributed by atoms with van der Waals surface area (Å²) in [6.07, 6.45) is -0.127. The van der Waals surface area contributed by atoms with E-state index in [1.54, 1.807) is 0 Å². The summed E-state index contributed by atoms with van der Waals surface area (Å²) in [6.45, 7) is 3.53. The van der Waals surface area contributed by atoms with Gasteiger partial charge in [-0.1, -0.05) is 6.08 Å². The Morgan fingerprint density at radius 1 is 1.45 bits per heavy atom. The molecule has 2 N–H and O–H groups in total. The second-order valence-electron chi connectivity index (χ2n) is 5.02. The normalized spacial score (nSPS) is 34.5. The summed E-state index contributed by atoms with van der Waals surface area (Å²) in [5, 5.41) is 19.8. The smallest absolute Gasteiger partial charge is 0.339 e. The molecule has 116 valence electrons. The molecule has 1 rings (SSSR count). The van der Waals surface area contributed by atoms with Crippen molar-refractivity contribution in [3.05, 3.63) is 12.7 Å². The van der Waals surface area contributed by atoms with Crippen molar-refractivity contribution in [2.24, 2.45) is 5.92 Å². The highest BCUT2D eigenvalue weighted by atomic mass is 32.2. The third kappa shape index (κ3) is 3.78. The molecule has 8 heteroatoms. The van der Waals surface area contributed by atoms with Crippen LogP contribution in [0.2, 0.25) is 0 Å². The first-order chi connectivity index (χ1) is 9.15. The molecule has 0 unspecified atom stereocenters. The summed E-state index contributed by atoms with van der Waals surface area (Å²) >= 11 is 0. The van der Waals surface area contributed by atoms with Crippen LogP contribution >= 0.6 is 0 Å². The Morgan fingerprint density at radius 3 is 2.50 bits per heavy atom. The third-order valence-corrected chi connectivity index (χ3v) is 3.97. The molecule has 0 amide bonds. The van der Waals surface area contributed by atoms with E-state index in [-0.39, 0.29) is 12.8 Å². The number of carbonyl (C=O) groups is 1. The van der Waals surface area contributed by atoms with Crippen molar-refractivity contribution >= 4 is 16.1 Å². The van der Waals surface area contributed by atoms with Crippen LogP contribution in [-0.4, -0.2) is 55.8 Å². The Balaban J connectivity index is 3.16. The van der Waals surface area contributed by atoms with Gasteiger partial charge >= 0.3 is 5.97 Å². The summed E-state index contributed by atoms with van der Waals surface area (Å²) in [4.78, 5) is 11.9. The van der Waals surface area contributed by atoms with Crippen molar-refractivity contribution in [1.29, 1.82) is 0 Å². The highest BCUT2D eigenvalue weighted by Crippen LogP contribution is 2.39. The van der Waals surface area contributed by atoms with E-state index in [9.17, 15) is 23.4 Å². The lowest BCUT2D eigenvalue weighted by atomic mass is 9.73. The lowest BCUT2D eigenvalue weighted by Gasteiger charge is -2.42. The van der Waals surface area contributed by atoms with Gasteiger partial charge in [-0.25, -0.2) is 4.79 Å². The topological polar surface area (TPSA) is 110 Å². The molecular formula is C12H20O7S. The van der Waals surface area contributed by atoms with Crippen molar-refractivity contribution in [3.8, 4) is 0 Å². The van der Waals surface area contributed by atoms with E-state index in [0.29, 0.717) is 6.42 Å². The zero-order valence-corrected chi connectivity index (χ0v) is 12.3. The molecule has 1 aliphatic rings. The maximum absolute atomic E-state index is 11.9. The summed E-state index contributed by atoms with van der Waals surface area (Å²) in [6, 6.07) is 0.